The Morgan fingerprint density at radius 2 is 1.90 bits per heavy atom. The lowest BCUT2D eigenvalue weighted by Gasteiger charge is -2.29. The van der Waals surface area contributed by atoms with Gasteiger partial charge in [-0.25, -0.2) is 4.39 Å². The van der Waals surface area contributed by atoms with Gasteiger partial charge in [0.2, 0.25) is 5.91 Å². The summed E-state index contributed by atoms with van der Waals surface area (Å²) < 4.78 is 18.1. The van der Waals surface area contributed by atoms with Crippen molar-refractivity contribution in [3.05, 3.63) is 30.1 Å². The SMILES string of the molecule is CCC(CO)(CO)NC(=O)CCCOc1ccc(F)cc1. The molecular formula is C15H22FNO4. The number of aliphatic hydroxyl groups excluding tert-OH is 2. The highest BCUT2D eigenvalue weighted by Crippen LogP contribution is 2.12. The number of benzene rings is 1. The Morgan fingerprint density at radius 1 is 1.29 bits per heavy atom. The molecule has 0 saturated carbocycles. The largest absolute Gasteiger partial charge is 0.494 e. The van der Waals surface area contributed by atoms with Crippen molar-refractivity contribution in [3.8, 4) is 5.75 Å². The minimum absolute atomic E-state index is 0.225. The van der Waals surface area contributed by atoms with E-state index in [0.29, 0.717) is 25.2 Å². The van der Waals surface area contributed by atoms with E-state index in [0.717, 1.165) is 0 Å². The topological polar surface area (TPSA) is 78.8 Å². The maximum atomic E-state index is 12.7. The number of nitrogens with one attached hydrogen (secondary N) is 1. The molecule has 0 aromatic heterocycles. The second-order valence-electron chi connectivity index (χ2n) is 4.90. The van der Waals surface area contributed by atoms with Crippen LogP contribution in [0.5, 0.6) is 5.75 Å². The van der Waals surface area contributed by atoms with E-state index >= 15 is 0 Å². The molecule has 6 heteroatoms. The third-order valence-electron chi connectivity index (χ3n) is 3.32. The summed E-state index contributed by atoms with van der Waals surface area (Å²) in [6, 6.07) is 5.66. The molecule has 3 N–H and O–H groups in total. The molecule has 0 fully saturated rings. The highest BCUT2D eigenvalue weighted by Gasteiger charge is 2.28. The van der Waals surface area contributed by atoms with E-state index in [1.54, 1.807) is 6.92 Å². The van der Waals surface area contributed by atoms with Crippen molar-refractivity contribution in [1.29, 1.82) is 0 Å². The summed E-state index contributed by atoms with van der Waals surface area (Å²) in [5, 5.41) is 21.1. The molecule has 1 amide bonds. The van der Waals surface area contributed by atoms with Gasteiger partial charge in [-0.3, -0.25) is 4.79 Å². The van der Waals surface area contributed by atoms with E-state index in [1.807, 2.05) is 0 Å². The van der Waals surface area contributed by atoms with Gasteiger partial charge in [-0.15, -0.1) is 0 Å². The van der Waals surface area contributed by atoms with Gasteiger partial charge in [-0.05, 0) is 37.1 Å². The standard InChI is InChI=1S/C15H22FNO4/c1-2-15(10-18,11-19)17-14(20)4-3-9-21-13-7-5-12(16)6-8-13/h5-8,18-19H,2-4,9-11H2,1H3,(H,17,20). The van der Waals surface area contributed by atoms with Crippen molar-refractivity contribution in [2.75, 3.05) is 19.8 Å². The fraction of sp³-hybridized carbons (Fsp3) is 0.533. The first kappa shape index (κ1) is 17.4. The quantitative estimate of drug-likeness (QED) is 0.599. The molecule has 118 valence electrons. The first-order valence-electron chi connectivity index (χ1n) is 6.96. The van der Waals surface area contributed by atoms with Crippen molar-refractivity contribution in [3.63, 3.8) is 0 Å². The molecule has 0 saturated heterocycles. The fourth-order valence-electron chi connectivity index (χ4n) is 1.75. The number of amides is 1. The Labute approximate surface area is 123 Å². The van der Waals surface area contributed by atoms with Gasteiger partial charge in [0.05, 0.1) is 25.4 Å². The van der Waals surface area contributed by atoms with Crippen LogP contribution in [0.4, 0.5) is 4.39 Å². The van der Waals surface area contributed by atoms with E-state index in [-0.39, 0.29) is 31.4 Å². The van der Waals surface area contributed by atoms with Gasteiger partial charge < -0.3 is 20.3 Å². The van der Waals surface area contributed by atoms with Crippen LogP contribution in [0.1, 0.15) is 26.2 Å². The van der Waals surface area contributed by atoms with Crippen molar-refractivity contribution in [1.82, 2.24) is 5.32 Å². The van der Waals surface area contributed by atoms with Gasteiger partial charge in [0.25, 0.3) is 0 Å². The maximum Gasteiger partial charge on any atom is 0.220 e. The second kappa shape index (κ2) is 8.59. The van der Waals surface area contributed by atoms with Gasteiger partial charge in [0.15, 0.2) is 0 Å². The lowest BCUT2D eigenvalue weighted by atomic mass is 9.98. The van der Waals surface area contributed by atoms with E-state index in [2.05, 4.69) is 5.32 Å². The van der Waals surface area contributed by atoms with Crippen LogP contribution < -0.4 is 10.1 Å². The summed E-state index contributed by atoms with van der Waals surface area (Å²) in [6.07, 6.45) is 1.15. The van der Waals surface area contributed by atoms with Crippen molar-refractivity contribution < 1.29 is 24.1 Å². The molecule has 0 atom stereocenters. The zero-order valence-corrected chi connectivity index (χ0v) is 12.1. The Balaban J connectivity index is 2.28. The number of hydrogen-bond acceptors (Lipinski definition) is 4. The molecule has 0 aliphatic carbocycles. The summed E-state index contributed by atoms with van der Waals surface area (Å²) in [7, 11) is 0. The van der Waals surface area contributed by atoms with Crippen LogP contribution in [0.2, 0.25) is 0 Å². The molecule has 0 heterocycles. The lowest BCUT2D eigenvalue weighted by Crippen LogP contribution is -2.53. The van der Waals surface area contributed by atoms with Crippen LogP contribution in [0.25, 0.3) is 0 Å². The molecule has 5 nitrogen and oxygen atoms in total. The normalized spacial score (nSPS) is 11.2. The number of halogens is 1. The Kier molecular flexibility index (Phi) is 7.11. The van der Waals surface area contributed by atoms with Crippen molar-refractivity contribution in [2.45, 2.75) is 31.7 Å². The zero-order chi connectivity index (χ0) is 15.7. The third-order valence-corrected chi connectivity index (χ3v) is 3.32. The Bertz CT molecular complexity index is 424. The first-order valence-corrected chi connectivity index (χ1v) is 6.96. The minimum atomic E-state index is -0.963. The highest BCUT2D eigenvalue weighted by atomic mass is 19.1. The summed E-state index contributed by atoms with van der Waals surface area (Å²) >= 11 is 0. The van der Waals surface area contributed by atoms with Gasteiger partial charge in [-0.2, -0.15) is 0 Å². The van der Waals surface area contributed by atoms with Gasteiger partial charge in [-0.1, -0.05) is 6.92 Å². The zero-order valence-electron chi connectivity index (χ0n) is 12.1. The van der Waals surface area contributed by atoms with E-state index < -0.39 is 5.54 Å². The average molecular weight is 299 g/mol. The predicted molar refractivity (Wildman–Crippen MR) is 76.5 cm³/mol. The highest BCUT2D eigenvalue weighted by molar-refractivity contribution is 5.76. The third kappa shape index (κ3) is 5.69. The minimum Gasteiger partial charge on any atom is -0.494 e. The molecule has 0 aliphatic rings. The molecule has 0 aliphatic heterocycles. The monoisotopic (exact) mass is 299 g/mol. The fourth-order valence-corrected chi connectivity index (χ4v) is 1.75. The smallest absolute Gasteiger partial charge is 0.220 e. The van der Waals surface area contributed by atoms with Crippen molar-refractivity contribution >= 4 is 5.91 Å². The Hall–Kier alpha value is -1.66. The number of hydrogen-bond donors (Lipinski definition) is 3. The van der Waals surface area contributed by atoms with E-state index in [9.17, 15) is 19.4 Å². The molecule has 1 aromatic carbocycles. The van der Waals surface area contributed by atoms with Crippen LogP contribution in [0, 0.1) is 5.82 Å². The van der Waals surface area contributed by atoms with Crippen LogP contribution in [-0.4, -0.2) is 41.5 Å². The van der Waals surface area contributed by atoms with E-state index in [4.69, 9.17) is 4.74 Å². The molecule has 0 unspecified atom stereocenters. The Morgan fingerprint density at radius 3 is 2.43 bits per heavy atom. The molecular weight excluding hydrogens is 277 g/mol. The van der Waals surface area contributed by atoms with Crippen molar-refractivity contribution in [2.24, 2.45) is 0 Å². The first-order chi connectivity index (χ1) is 10.0. The maximum absolute atomic E-state index is 12.7. The number of ether oxygens (including phenoxy) is 1. The number of aliphatic hydroxyl groups is 2. The van der Waals surface area contributed by atoms with Gasteiger partial charge in [0, 0.05) is 6.42 Å². The van der Waals surface area contributed by atoms with Gasteiger partial charge >= 0.3 is 0 Å². The molecule has 0 spiro atoms. The van der Waals surface area contributed by atoms with Crippen LogP contribution in [0.3, 0.4) is 0 Å². The average Bonchev–Trinajstić information content (AvgIpc) is 2.51. The van der Waals surface area contributed by atoms with Gasteiger partial charge in [0.1, 0.15) is 11.6 Å². The lowest BCUT2D eigenvalue weighted by molar-refractivity contribution is -0.124. The number of rotatable bonds is 9. The molecule has 0 bridgehead atoms. The molecule has 0 radical (unpaired) electrons. The van der Waals surface area contributed by atoms with Crippen LogP contribution >= 0.6 is 0 Å². The number of carbonyl (C=O) groups is 1. The summed E-state index contributed by atoms with van der Waals surface area (Å²) in [5.41, 5.74) is -0.963. The molecule has 1 rings (SSSR count). The number of carbonyl (C=O) groups excluding carboxylic acids is 1. The summed E-state index contributed by atoms with van der Waals surface area (Å²) in [6.45, 7) is 1.50. The second-order valence-corrected chi connectivity index (χ2v) is 4.90. The summed E-state index contributed by atoms with van der Waals surface area (Å²) in [4.78, 5) is 11.8. The van der Waals surface area contributed by atoms with E-state index in [1.165, 1.54) is 24.3 Å². The van der Waals surface area contributed by atoms with Crippen LogP contribution in [-0.2, 0) is 4.79 Å². The predicted octanol–water partition coefficient (Wildman–Crippen LogP) is 1.23. The molecule has 1 aromatic rings. The summed E-state index contributed by atoms with van der Waals surface area (Å²) in [5.74, 6) is -0.0290. The van der Waals surface area contributed by atoms with Crippen LogP contribution in [0.15, 0.2) is 24.3 Å². The molecule has 21 heavy (non-hydrogen) atoms.